The standard InChI is InChI=1S/C19H20FNO4/c1-12(19(23)24)14-5-7-15(8-6-14)21-18(22)10-4-13-3-9-17(25-2)16(20)11-13/h3,5-9,11-12H,4,10H2,1-2H3,(H,21,22)(H,23,24). The molecule has 0 bridgehead atoms. The fourth-order valence-corrected chi connectivity index (χ4v) is 2.34. The SMILES string of the molecule is COc1ccc(CCC(=O)Nc2ccc(C(C)C(=O)O)cc2)cc1F. The van der Waals surface area contributed by atoms with Gasteiger partial charge in [-0.3, -0.25) is 9.59 Å². The summed E-state index contributed by atoms with van der Waals surface area (Å²) in [5.41, 5.74) is 1.96. The number of amides is 1. The Morgan fingerprint density at radius 1 is 1.20 bits per heavy atom. The second-order valence-corrected chi connectivity index (χ2v) is 5.70. The third-order valence-electron chi connectivity index (χ3n) is 3.92. The monoisotopic (exact) mass is 345 g/mol. The molecule has 0 heterocycles. The number of rotatable bonds is 7. The van der Waals surface area contributed by atoms with Crippen molar-refractivity contribution < 1.29 is 23.8 Å². The van der Waals surface area contributed by atoms with Crippen LogP contribution in [0.3, 0.4) is 0 Å². The topological polar surface area (TPSA) is 75.6 Å². The quantitative estimate of drug-likeness (QED) is 0.804. The Bertz CT molecular complexity index is 759. The van der Waals surface area contributed by atoms with E-state index < -0.39 is 17.7 Å². The Hall–Kier alpha value is -2.89. The van der Waals surface area contributed by atoms with Crippen LogP contribution in [0.5, 0.6) is 5.75 Å². The van der Waals surface area contributed by atoms with Gasteiger partial charge in [0.05, 0.1) is 13.0 Å². The van der Waals surface area contributed by atoms with Crippen LogP contribution in [0.1, 0.15) is 30.4 Å². The van der Waals surface area contributed by atoms with Crippen molar-refractivity contribution in [3.05, 3.63) is 59.4 Å². The Kier molecular flexibility index (Phi) is 6.11. The maximum atomic E-state index is 13.6. The fourth-order valence-electron chi connectivity index (χ4n) is 2.34. The number of halogens is 1. The zero-order chi connectivity index (χ0) is 18.4. The molecule has 0 spiro atoms. The zero-order valence-corrected chi connectivity index (χ0v) is 14.1. The van der Waals surface area contributed by atoms with Crippen molar-refractivity contribution in [3.63, 3.8) is 0 Å². The van der Waals surface area contributed by atoms with E-state index >= 15 is 0 Å². The molecule has 0 aliphatic carbocycles. The van der Waals surface area contributed by atoms with E-state index in [4.69, 9.17) is 9.84 Å². The lowest BCUT2D eigenvalue weighted by Crippen LogP contribution is -2.13. The summed E-state index contributed by atoms with van der Waals surface area (Å²) in [5.74, 6) is -1.99. The Labute approximate surface area is 145 Å². The molecule has 2 aromatic rings. The summed E-state index contributed by atoms with van der Waals surface area (Å²) in [6.07, 6.45) is 0.611. The molecule has 0 saturated heterocycles. The number of carbonyl (C=O) groups excluding carboxylic acids is 1. The minimum atomic E-state index is -0.900. The molecular formula is C19H20FNO4. The molecule has 0 radical (unpaired) electrons. The van der Waals surface area contributed by atoms with Gasteiger partial charge < -0.3 is 15.2 Å². The first-order chi connectivity index (χ1) is 11.9. The van der Waals surface area contributed by atoms with Crippen LogP contribution in [-0.2, 0) is 16.0 Å². The summed E-state index contributed by atoms with van der Waals surface area (Å²) in [4.78, 5) is 22.9. The molecule has 0 aliphatic rings. The van der Waals surface area contributed by atoms with E-state index in [0.29, 0.717) is 23.2 Å². The van der Waals surface area contributed by atoms with E-state index in [1.165, 1.54) is 19.2 Å². The van der Waals surface area contributed by atoms with Gasteiger partial charge in [-0.15, -0.1) is 0 Å². The second-order valence-electron chi connectivity index (χ2n) is 5.70. The number of nitrogens with one attached hydrogen (secondary N) is 1. The lowest BCUT2D eigenvalue weighted by Gasteiger charge is -2.09. The average molecular weight is 345 g/mol. The molecule has 25 heavy (non-hydrogen) atoms. The maximum Gasteiger partial charge on any atom is 0.310 e. The minimum Gasteiger partial charge on any atom is -0.494 e. The highest BCUT2D eigenvalue weighted by molar-refractivity contribution is 5.90. The first kappa shape index (κ1) is 18.4. The third-order valence-corrected chi connectivity index (χ3v) is 3.92. The fraction of sp³-hybridized carbons (Fsp3) is 0.263. The molecule has 6 heteroatoms. The van der Waals surface area contributed by atoms with Crippen LogP contribution >= 0.6 is 0 Å². The molecule has 2 rings (SSSR count). The summed E-state index contributed by atoms with van der Waals surface area (Å²) >= 11 is 0. The highest BCUT2D eigenvalue weighted by Gasteiger charge is 2.13. The van der Waals surface area contributed by atoms with Gasteiger partial charge in [0.1, 0.15) is 0 Å². The largest absolute Gasteiger partial charge is 0.494 e. The van der Waals surface area contributed by atoms with E-state index in [0.717, 1.165) is 0 Å². The smallest absolute Gasteiger partial charge is 0.310 e. The summed E-state index contributed by atoms with van der Waals surface area (Å²) in [6.45, 7) is 1.60. The van der Waals surface area contributed by atoms with E-state index in [2.05, 4.69) is 5.32 Å². The summed E-state index contributed by atoms with van der Waals surface area (Å²) in [5, 5.41) is 11.7. The molecule has 1 amide bonds. The lowest BCUT2D eigenvalue weighted by molar-refractivity contribution is -0.138. The van der Waals surface area contributed by atoms with Gasteiger partial charge in [-0.25, -0.2) is 4.39 Å². The summed E-state index contributed by atoms with van der Waals surface area (Å²) in [6, 6.07) is 11.3. The number of ether oxygens (including phenoxy) is 1. The van der Waals surface area contributed by atoms with Gasteiger partial charge in [-0.1, -0.05) is 18.2 Å². The second kappa shape index (κ2) is 8.28. The Morgan fingerprint density at radius 2 is 1.88 bits per heavy atom. The predicted molar refractivity (Wildman–Crippen MR) is 92.4 cm³/mol. The number of methoxy groups -OCH3 is 1. The van der Waals surface area contributed by atoms with Gasteiger partial charge in [0, 0.05) is 12.1 Å². The third kappa shape index (κ3) is 5.04. The zero-order valence-electron chi connectivity index (χ0n) is 14.1. The molecule has 1 atom stereocenters. The first-order valence-electron chi connectivity index (χ1n) is 7.85. The summed E-state index contributed by atoms with van der Waals surface area (Å²) < 4.78 is 18.5. The molecule has 2 N–H and O–H groups in total. The van der Waals surface area contributed by atoms with Crippen LogP contribution < -0.4 is 10.1 Å². The molecule has 132 valence electrons. The summed E-state index contributed by atoms with van der Waals surface area (Å²) in [7, 11) is 1.40. The molecular weight excluding hydrogens is 325 g/mol. The van der Waals surface area contributed by atoms with Crippen molar-refractivity contribution in [3.8, 4) is 5.75 Å². The van der Waals surface area contributed by atoms with Crippen molar-refractivity contribution in [2.75, 3.05) is 12.4 Å². The highest BCUT2D eigenvalue weighted by atomic mass is 19.1. The maximum absolute atomic E-state index is 13.6. The molecule has 0 saturated carbocycles. The molecule has 0 fully saturated rings. The van der Waals surface area contributed by atoms with Crippen molar-refractivity contribution in [2.45, 2.75) is 25.7 Å². The normalized spacial score (nSPS) is 11.6. The minimum absolute atomic E-state index is 0.170. The van der Waals surface area contributed by atoms with Crippen LogP contribution in [0, 0.1) is 5.82 Å². The molecule has 5 nitrogen and oxygen atoms in total. The first-order valence-corrected chi connectivity index (χ1v) is 7.85. The number of carboxylic acid groups (broad SMARTS) is 1. The van der Waals surface area contributed by atoms with Crippen LogP contribution in [-0.4, -0.2) is 24.1 Å². The number of carboxylic acids is 1. The van der Waals surface area contributed by atoms with Crippen molar-refractivity contribution in [1.29, 1.82) is 0 Å². The van der Waals surface area contributed by atoms with E-state index in [1.54, 1.807) is 37.3 Å². The molecule has 0 aliphatic heterocycles. The number of benzene rings is 2. The molecule has 2 aromatic carbocycles. The number of aryl methyl sites for hydroxylation is 1. The number of aliphatic carboxylic acids is 1. The van der Waals surface area contributed by atoms with E-state index in [9.17, 15) is 14.0 Å². The molecule has 0 aromatic heterocycles. The van der Waals surface area contributed by atoms with Crippen molar-refractivity contribution in [1.82, 2.24) is 0 Å². The van der Waals surface area contributed by atoms with Crippen molar-refractivity contribution >= 4 is 17.6 Å². The van der Waals surface area contributed by atoms with Gasteiger partial charge in [0.15, 0.2) is 11.6 Å². The van der Waals surface area contributed by atoms with Crippen LogP contribution in [0.15, 0.2) is 42.5 Å². The van der Waals surface area contributed by atoms with Gasteiger partial charge in [0.25, 0.3) is 0 Å². The van der Waals surface area contributed by atoms with Crippen LogP contribution in [0.2, 0.25) is 0 Å². The van der Waals surface area contributed by atoms with Gasteiger partial charge in [-0.05, 0) is 48.7 Å². The van der Waals surface area contributed by atoms with Gasteiger partial charge in [0.2, 0.25) is 5.91 Å². The Morgan fingerprint density at radius 3 is 2.44 bits per heavy atom. The number of hydrogen-bond acceptors (Lipinski definition) is 3. The average Bonchev–Trinajstić information content (AvgIpc) is 2.60. The number of carbonyl (C=O) groups is 2. The number of hydrogen-bond donors (Lipinski definition) is 2. The van der Waals surface area contributed by atoms with Crippen LogP contribution in [0.4, 0.5) is 10.1 Å². The predicted octanol–water partition coefficient (Wildman–Crippen LogP) is 3.59. The van der Waals surface area contributed by atoms with Gasteiger partial charge >= 0.3 is 5.97 Å². The van der Waals surface area contributed by atoms with Crippen molar-refractivity contribution in [2.24, 2.45) is 0 Å². The lowest BCUT2D eigenvalue weighted by atomic mass is 10.0. The van der Waals surface area contributed by atoms with Gasteiger partial charge in [-0.2, -0.15) is 0 Å². The van der Waals surface area contributed by atoms with Crippen LogP contribution in [0.25, 0.3) is 0 Å². The highest BCUT2D eigenvalue weighted by Crippen LogP contribution is 2.20. The number of anilines is 1. The Balaban J connectivity index is 1.90. The molecule has 1 unspecified atom stereocenters. The van der Waals surface area contributed by atoms with E-state index in [-0.39, 0.29) is 18.1 Å². The van der Waals surface area contributed by atoms with E-state index in [1.807, 2.05) is 0 Å².